The van der Waals surface area contributed by atoms with E-state index in [0.29, 0.717) is 126 Å². The van der Waals surface area contributed by atoms with Gasteiger partial charge in [-0.25, -0.2) is 4.39 Å². The number of halogens is 1. The third-order valence-corrected chi connectivity index (χ3v) is 3.81. The van der Waals surface area contributed by atoms with Gasteiger partial charge in [-0.3, -0.25) is 0 Å². The van der Waals surface area contributed by atoms with Gasteiger partial charge in [0.25, 0.3) is 0 Å². The maximum absolute atomic E-state index is 11.8. The minimum atomic E-state index is -0.471. The van der Waals surface area contributed by atoms with Crippen molar-refractivity contribution in [3.8, 4) is 0 Å². The highest BCUT2D eigenvalue weighted by Gasteiger charge is 1.95. The molecule has 0 amide bonds. The smallest absolute Gasteiger partial charge is 0.113 e. The zero-order valence-corrected chi connectivity index (χ0v) is 20.6. The predicted octanol–water partition coefficient (Wildman–Crippen LogP) is 1.31. The Morgan fingerprint density at radius 1 is 0.353 bits per heavy atom. The predicted molar refractivity (Wildman–Crippen MR) is 124 cm³/mol. The molecule has 11 heteroatoms. The second-order valence-electron chi connectivity index (χ2n) is 6.56. The van der Waals surface area contributed by atoms with Crippen LogP contribution in [0.2, 0.25) is 0 Å². The molecule has 0 rings (SSSR count). The van der Waals surface area contributed by atoms with Gasteiger partial charge in [-0.2, -0.15) is 0 Å². The summed E-state index contributed by atoms with van der Waals surface area (Å²) in [6.45, 7) is 12.8. The number of hydrogen-bond acceptors (Lipinski definition) is 10. The highest BCUT2D eigenvalue weighted by molar-refractivity contribution is 4.63. The van der Waals surface area contributed by atoms with E-state index in [4.69, 9.17) is 47.4 Å². The van der Waals surface area contributed by atoms with Gasteiger partial charge in [0.15, 0.2) is 0 Å². The average molecular weight is 501 g/mol. The second kappa shape index (κ2) is 32.3. The summed E-state index contributed by atoms with van der Waals surface area (Å²) in [7, 11) is 0. The minimum absolute atomic E-state index is 0.117. The number of rotatable bonds is 31. The van der Waals surface area contributed by atoms with Crippen molar-refractivity contribution in [2.24, 2.45) is 0 Å². The maximum Gasteiger partial charge on any atom is 0.113 e. The van der Waals surface area contributed by atoms with Crippen molar-refractivity contribution in [1.82, 2.24) is 0 Å². The van der Waals surface area contributed by atoms with Gasteiger partial charge < -0.3 is 47.4 Å². The lowest BCUT2D eigenvalue weighted by molar-refractivity contribution is -0.0262. The summed E-state index contributed by atoms with van der Waals surface area (Å²) in [5.41, 5.74) is 0. The van der Waals surface area contributed by atoms with Gasteiger partial charge in [-0.1, -0.05) is 6.08 Å². The molecule has 0 atom stereocenters. The van der Waals surface area contributed by atoms with E-state index in [1.807, 2.05) is 0 Å². The molecular formula is C23H45FO10. The van der Waals surface area contributed by atoms with Crippen LogP contribution in [0.4, 0.5) is 4.39 Å². The first-order chi connectivity index (χ1) is 16.9. The van der Waals surface area contributed by atoms with Gasteiger partial charge in [0.05, 0.1) is 132 Å². The fraction of sp³-hybridized carbons (Fsp3) is 0.913. The van der Waals surface area contributed by atoms with Crippen LogP contribution in [-0.2, 0) is 47.4 Å². The van der Waals surface area contributed by atoms with Crippen LogP contribution < -0.4 is 0 Å². The number of hydrogen-bond donors (Lipinski definition) is 0. The van der Waals surface area contributed by atoms with Crippen molar-refractivity contribution in [1.29, 1.82) is 0 Å². The first-order valence-corrected chi connectivity index (χ1v) is 11.9. The summed E-state index contributed by atoms with van der Waals surface area (Å²) in [5, 5.41) is 0. The lowest BCUT2D eigenvalue weighted by Crippen LogP contribution is -2.15. The third-order valence-electron chi connectivity index (χ3n) is 3.81. The summed E-state index contributed by atoms with van der Waals surface area (Å²) in [5.74, 6) is 0. The van der Waals surface area contributed by atoms with Crippen LogP contribution in [0.1, 0.15) is 0 Å². The van der Waals surface area contributed by atoms with E-state index in [1.165, 1.54) is 0 Å². The lowest BCUT2D eigenvalue weighted by Gasteiger charge is -2.08. The van der Waals surface area contributed by atoms with E-state index in [2.05, 4.69) is 6.58 Å². The Labute approximate surface area is 203 Å². The SMILES string of the molecule is C=CCOCCOCCOCCOCCOCCOCCOCCOCCOCCOCCF. The molecular weight excluding hydrogens is 455 g/mol. The molecule has 0 bridgehead atoms. The molecule has 0 aromatic rings. The molecule has 0 aromatic carbocycles. The molecule has 0 saturated heterocycles. The molecule has 0 saturated carbocycles. The Bertz CT molecular complexity index is 380. The fourth-order valence-corrected chi connectivity index (χ4v) is 2.20. The topological polar surface area (TPSA) is 92.3 Å². The van der Waals surface area contributed by atoms with Crippen molar-refractivity contribution >= 4 is 0 Å². The highest BCUT2D eigenvalue weighted by atomic mass is 19.1. The molecule has 204 valence electrons. The maximum atomic E-state index is 11.8. The molecule has 0 aliphatic heterocycles. The van der Waals surface area contributed by atoms with Gasteiger partial charge in [-0.05, 0) is 0 Å². The van der Waals surface area contributed by atoms with Crippen LogP contribution in [-0.4, -0.2) is 139 Å². The molecule has 0 radical (unpaired) electrons. The van der Waals surface area contributed by atoms with E-state index >= 15 is 0 Å². The molecule has 0 N–H and O–H groups in total. The molecule has 10 nitrogen and oxygen atoms in total. The standard InChI is InChI=1S/C23H45FO10/c1-2-4-25-6-8-27-10-12-29-14-16-31-18-20-33-22-23-34-21-19-32-17-15-30-13-11-28-9-7-26-5-3-24/h2H,1,3-23H2. The molecule has 0 aliphatic carbocycles. The van der Waals surface area contributed by atoms with Crippen molar-refractivity contribution in [3.05, 3.63) is 12.7 Å². The zero-order valence-electron chi connectivity index (χ0n) is 20.6. The van der Waals surface area contributed by atoms with Crippen LogP contribution in [0.25, 0.3) is 0 Å². The van der Waals surface area contributed by atoms with Crippen molar-refractivity contribution in [2.75, 3.05) is 139 Å². The highest BCUT2D eigenvalue weighted by Crippen LogP contribution is 1.86. The molecule has 0 aliphatic rings. The van der Waals surface area contributed by atoms with Gasteiger partial charge in [0, 0.05) is 0 Å². The average Bonchev–Trinajstić information content (AvgIpc) is 2.85. The van der Waals surface area contributed by atoms with E-state index in [9.17, 15) is 4.39 Å². The van der Waals surface area contributed by atoms with Gasteiger partial charge in [-0.15, -0.1) is 6.58 Å². The van der Waals surface area contributed by atoms with Crippen LogP contribution in [0, 0.1) is 0 Å². The van der Waals surface area contributed by atoms with Crippen LogP contribution >= 0.6 is 0 Å². The van der Waals surface area contributed by atoms with Crippen molar-refractivity contribution in [2.45, 2.75) is 0 Å². The Balaban J connectivity index is 3.00. The molecule has 34 heavy (non-hydrogen) atoms. The first-order valence-electron chi connectivity index (χ1n) is 11.9. The van der Waals surface area contributed by atoms with Crippen molar-refractivity contribution < 1.29 is 51.8 Å². The van der Waals surface area contributed by atoms with Crippen LogP contribution in [0.15, 0.2) is 12.7 Å². The lowest BCUT2D eigenvalue weighted by atomic mass is 10.6. The summed E-state index contributed by atoms with van der Waals surface area (Å²) < 4.78 is 65.0. The van der Waals surface area contributed by atoms with E-state index < -0.39 is 6.67 Å². The first kappa shape index (κ1) is 33.3. The van der Waals surface area contributed by atoms with E-state index in [1.54, 1.807) is 6.08 Å². The van der Waals surface area contributed by atoms with E-state index in [0.717, 1.165) is 0 Å². The Morgan fingerprint density at radius 3 is 0.765 bits per heavy atom. The normalized spacial score (nSPS) is 11.3. The quantitative estimate of drug-likeness (QED) is 0.102. The molecule has 0 fully saturated rings. The van der Waals surface area contributed by atoms with Gasteiger partial charge in [0.2, 0.25) is 0 Å². The second-order valence-corrected chi connectivity index (χ2v) is 6.56. The summed E-state index contributed by atoms with van der Waals surface area (Å²) in [6, 6.07) is 0. The fourth-order valence-electron chi connectivity index (χ4n) is 2.20. The zero-order chi connectivity index (χ0) is 24.6. The Kier molecular flexibility index (Phi) is 31.6. The molecule has 0 spiro atoms. The van der Waals surface area contributed by atoms with Crippen molar-refractivity contribution in [3.63, 3.8) is 0 Å². The van der Waals surface area contributed by atoms with Crippen LogP contribution in [0.3, 0.4) is 0 Å². The van der Waals surface area contributed by atoms with Crippen LogP contribution in [0.5, 0.6) is 0 Å². The number of ether oxygens (including phenoxy) is 10. The third kappa shape index (κ3) is 31.3. The summed E-state index contributed by atoms with van der Waals surface area (Å²) in [6.07, 6.45) is 1.71. The summed E-state index contributed by atoms with van der Waals surface area (Å²) >= 11 is 0. The Morgan fingerprint density at radius 2 is 0.559 bits per heavy atom. The van der Waals surface area contributed by atoms with Gasteiger partial charge in [0.1, 0.15) is 6.67 Å². The molecule has 0 aromatic heterocycles. The molecule has 0 heterocycles. The largest absolute Gasteiger partial charge is 0.377 e. The monoisotopic (exact) mass is 500 g/mol. The number of alkyl halides is 1. The Hall–Kier alpha value is -0.730. The van der Waals surface area contributed by atoms with Gasteiger partial charge >= 0.3 is 0 Å². The molecule has 0 unspecified atom stereocenters. The minimum Gasteiger partial charge on any atom is -0.377 e. The summed E-state index contributed by atoms with van der Waals surface area (Å²) in [4.78, 5) is 0. The van der Waals surface area contributed by atoms with E-state index in [-0.39, 0.29) is 6.61 Å².